The first kappa shape index (κ1) is 15.9. The predicted molar refractivity (Wildman–Crippen MR) is 78.5 cm³/mol. The maximum atomic E-state index is 11.5. The smallest absolute Gasteiger partial charge is 0.250 e. The van der Waals surface area contributed by atoms with Crippen molar-refractivity contribution >= 4 is 0 Å². The molecule has 1 N–H and O–H groups in total. The molecule has 0 aromatic carbocycles. The van der Waals surface area contributed by atoms with E-state index in [0.29, 0.717) is 6.04 Å². The summed E-state index contributed by atoms with van der Waals surface area (Å²) >= 11 is 0. The van der Waals surface area contributed by atoms with Crippen molar-refractivity contribution in [1.82, 2.24) is 9.88 Å². The molecule has 1 aromatic heterocycles. The Bertz CT molecular complexity index is 426. The third-order valence-corrected chi connectivity index (χ3v) is 3.32. The fourth-order valence-corrected chi connectivity index (χ4v) is 2.14. The number of nitrogens with zero attached hydrogens (tertiary/aromatic N) is 1. The van der Waals surface area contributed by atoms with Gasteiger partial charge in [0.2, 0.25) is 5.56 Å². The fourth-order valence-electron chi connectivity index (χ4n) is 2.14. The van der Waals surface area contributed by atoms with E-state index in [1.165, 1.54) is 0 Å². The number of hydrogen-bond donors (Lipinski definition) is 1. The molecule has 19 heavy (non-hydrogen) atoms. The molecule has 0 unspecified atom stereocenters. The Labute approximate surface area is 115 Å². The summed E-state index contributed by atoms with van der Waals surface area (Å²) in [6, 6.07) is 5.66. The van der Waals surface area contributed by atoms with E-state index in [1.54, 1.807) is 23.8 Å². The lowest BCUT2D eigenvalue weighted by Gasteiger charge is -2.27. The van der Waals surface area contributed by atoms with Crippen LogP contribution >= 0.6 is 0 Å². The first-order chi connectivity index (χ1) is 8.94. The van der Waals surface area contributed by atoms with Gasteiger partial charge >= 0.3 is 0 Å². The second kappa shape index (κ2) is 7.46. The van der Waals surface area contributed by atoms with Crippen LogP contribution in [0.15, 0.2) is 29.2 Å². The average molecular weight is 266 g/mol. The predicted octanol–water partition coefficient (Wildman–Crippen LogP) is 2.03. The number of ether oxygens (including phenoxy) is 1. The molecule has 4 nitrogen and oxygen atoms in total. The lowest BCUT2D eigenvalue weighted by atomic mass is 10.00. The highest BCUT2D eigenvalue weighted by Crippen LogP contribution is 2.15. The third-order valence-electron chi connectivity index (χ3n) is 3.32. The summed E-state index contributed by atoms with van der Waals surface area (Å²) in [5.41, 5.74) is -0.0287. The second-order valence-electron chi connectivity index (χ2n) is 5.61. The highest BCUT2D eigenvalue weighted by atomic mass is 16.5. The number of nitrogens with one attached hydrogen (secondary N) is 1. The van der Waals surface area contributed by atoms with Crippen molar-refractivity contribution in [2.24, 2.45) is 0 Å². The minimum atomic E-state index is -0.0945. The highest BCUT2D eigenvalue weighted by molar-refractivity contribution is 4.93. The number of methoxy groups -OCH3 is 1. The molecule has 0 saturated carbocycles. The van der Waals surface area contributed by atoms with E-state index < -0.39 is 0 Å². The zero-order valence-corrected chi connectivity index (χ0v) is 12.5. The van der Waals surface area contributed by atoms with Gasteiger partial charge in [-0.1, -0.05) is 6.07 Å². The van der Waals surface area contributed by atoms with Gasteiger partial charge in [0.05, 0.1) is 5.60 Å². The van der Waals surface area contributed by atoms with Crippen molar-refractivity contribution in [3.05, 3.63) is 34.7 Å². The molecule has 1 aromatic rings. The SMILES string of the molecule is COC(C)(C)C[C@@H](C)NCCCn1ccccc1=O. The molecular weight excluding hydrogens is 240 g/mol. The fraction of sp³-hybridized carbons (Fsp3) is 0.667. The van der Waals surface area contributed by atoms with E-state index in [-0.39, 0.29) is 11.2 Å². The van der Waals surface area contributed by atoms with Crippen molar-refractivity contribution in [3.63, 3.8) is 0 Å². The van der Waals surface area contributed by atoms with E-state index in [1.807, 2.05) is 12.3 Å². The van der Waals surface area contributed by atoms with Gasteiger partial charge in [0.25, 0.3) is 0 Å². The lowest BCUT2D eigenvalue weighted by molar-refractivity contribution is 0.00858. The average Bonchev–Trinajstić information content (AvgIpc) is 2.36. The Morgan fingerprint density at radius 1 is 1.42 bits per heavy atom. The van der Waals surface area contributed by atoms with Crippen LogP contribution in [0.25, 0.3) is 0 Å². The Balaban J connectivity index is 2.24. The summed E-state index contributed by atoms with van der Waals surface area (Å²) < 4.78 is 7.16. The summed E-state index contributed by atoms with van der Waals surface area (Å²) in [5.74, 6) is 0. The van der Waals surface area contributed by atoms with Crippen molar-refractivity contribution in [1.29, 1.82) is 0 Å². The van der Waals surface area contributed by atoms with Gasteiger partial charge in [-0.25, -0.2) is 0 Å². The Morgan fingerprint density at radius 2 is 2.16 bits per heavy atom. The van der Waals surface area contributed by atoms with Crippen LogP contribution in [0.4, 0.5) is 0 Å². The van der Waals surface area contributed by atoms with Gasteiger partial charge in [0, 0.05) is 32.0 Å². The minimum absolute atomic E-state index is 0.0658. The number of aryl methyl sites for hydroxylation is 1. The van der Waals surface area contributed by atoms with Crippen molar-refractivity contribution in [2.45, 2.75) is 51.8 Å². The van der Waals surface area contributed by atoms with Crippen LogP contribution in [-0.2, 0) is 11.3 Å². The quantitative estimate of drug-likeness (QED) is 0.732. The molecule has 0 bridgehead atoms. The van der Waals surface area contributed by atoms with E-state index in [0.717, 1.165) is 25.9 Å². The van der Waals surface area contributed by atoms with E-state index in [4.69, 9.17) is 4.74 Å². The Morgan fingerprint density at radius 3 is 2.79 bits per heavy atom. The summed E-state index contributed by atoms with van der Waals surface area (Å²) in [6.45, 7) is 8.01. The van der Waals surface area contributed by atoms with Gasteiger partial charge in [-0.3, -0.25) is 4.79 Å². The normalized spacial score (nSPS) is 13.5. The number of pyridine rings is 1. The zero-order chi connectivity index (χ0) is 14.3. The first-order valence-electron chi connectivity index (χ1n) is 6.88. The summed E-state index contributed by atoms with van der Waals surface area (Å²) in [6.07, 6.45) is 3.75. The molecule has 0 saturated heterocycles. The molecule has 0 aliphatic carbocycles. The minimum Gasteiger partial charge on any atom is -0.379 e. The number of rotatable bonds is 8. The van der Waals surface area contributed by atoms with E-state index >= 15 is 0 Å². The van der Waals surface area contributed by atoms with Gasteiger partial charge in [-0.05, 0) is 46.2 Å². The van der Waals surface area contributed by atoms with Crippen LogP contribution in [0.2, 0.25) is 0 Å². The molecule has 0 amide bonds. The number of aromatic nitrogens is 1. The molecule has 4 heteroatoms. The molecule has 0 fully saturated rings. The highest BCUT2D eigenvalue weighted by Gasteiger charge is 2.19. The van der Waals surface area contributed by atoms with E-state index in [9.17, 15) is 4.79 Å². The molecule has 1 heterocycles. The maximum absolute atomic E-state index is 11.5. The molecule has 0 spiro atoms. The Hall–Kier alpha value is -1.13. The second-order valence-corrected chi connectivity index (χ2v) is 5.61. The molecule has 0 radical (unpaired) electrons. The lowest BCUT2D eigenvalue weighted by Crippen LogP contribution is -2.36. The Kier molecular flexibility index (Phi) is 6.25. The largest absolute Gasteiger partial charge is 0.379 e. The van der Waals surface area contributed by atoms with Crippen LogP contribution in [0.5, 0.6) is 0 Å². The summed E-state index contributed by atoms with van der Waals surface area (Å²) in [5, 5.41) is 3.47. The van der Waals surface area contributed by atoms with Gasteiger partial charge in [-0.15, -0.1) is 0 Å². The molecular formula is C15H26N2O2. The van der Waals surface area contributed by atoms with Crippen molar-refractivity contribution < 1.29 is 4.74 Å². The zero-order valence-electron chi connectivity index (χ0n) is 12.5. The monoisotopic (exact) mass is 266 g/mol. The molecule has 1 atom stereocenters. The molecule has 108 valence electrons. The molecule has 0 aliphatic heterocycles. The van der Waals surface area contributed by atoms with Crippen molar-refractivity contribution in [3.8, 4) is 0 Å². The standard InChI is InChI=1S/C15H26N2O2/c1-13(12-15(2,3)19-4)16-9-7-11-17-10-6-5-8-14(17)18/h5-6,8,10,13,16H,7,9,11-12H2,1-4H3/t13-/m1/s1. The van der Waals surface area contributed by atoms with Crippen molar-refractivity contribution in [2.75, 3.05) is 13.7 Å². The summed E-state index contributed by atoms with van der Waals surface area (Å²) in [4.78, 5) is 11.5. The van der Waals surface area contributed by atoms with Crippen LogP contribution in [0.1, 0.15) is 33.6 Å². The van der Waals surface area contributed by atoms with Gasteiger partial charge in [0.1, 0.15) is 0 Å². The third kappa shape index (κ3) is 6.03. The van der Waals surface area contributed by atoms with Crippen LogP contribution in [0.3, 0.4) is 0 Å². The molecule has 1 rings (SSSR count). The first-order valence-corrected chi connectivity index (χ1v) is 6.88. The maximum Gasteiger partial charge on any atom is 0.250 e. The molecule has 0 aliphatic rings. The van der Waals surface area contributed by atoms with Crippen LogP contribution < -0.4 is 10.9 Å². The number of hydrogen-bond acceptors (Lipinski definition) is 3. The summed E-state index contributed by atoms with van der Waals surface area (Å²) in [7, 11) is 1.74. The van der Waals surface area contributed by atoms with E-state index in [2.05, 4.69) is 26.1 Å². The van der Waals surface area contributed by atoms with Crippen LogP contribution in [-0.4, -0.2) is 29.9 Å². The topological polar surface area (TPSA) is 43.3 Å². The van der Waals surface area contributed by atoms with Gasteiger partial charge < -0.3 is 14.6 Å². The van der Waals surface area contributed by atoms with Gasteiger partial charge in [-0.2, -0.15) is 0 Å². The van der Waals surface area contributed by atoms with Gasteiger partial charge in [0.15, 0.2) is 0 Å². The van der Waals surface area contributed by atoms with Crippen LogP contribution in [0, 0.1) is 0 Å².